The van der Waals surface area contributed by atoms with Crippen LogP contribution in [0.2, 0.25) is 0 Å². The Hall–Kier alpha value is -7.73. The summed E-state index contributed by atoms with van der Waals surface area (Å²) in [6, 6.07) is 31.2. The summed E-state index contributed by atoms with van der Waals surface area (Å²) in [7, 11) is 0. The average Bonchev–Trinajstić information content (AvgIpc) is 3.16. The number of hydrogen-bond donors (Lipinski definition) is 0. The van der Waals surface area contributed by atoms with Crippen molar-refractivity contribution in [2.24, 2.45) is 0 Å². The zero-order valence-electron chi connectivity index (χ0n) is 26.9. The number of aromatic nitrogens is 4. The summed E-state index contributed by atoms with van der Waals surface area (Å²) < 4.78 is 42.3. The van der Waals surface area contributed by atoms with Gasteiger partial charge in [0.15, 0.2) is 0 Å². The van der Waals surface area contributed by atoms with Crippen molar-refractivity contribution in [3.05, 3.63) is 131 Å². The molecule has 0 bridgehead atoms. The first kappa shape index (κ1) is 32.8. The summed E-state index contributed by atoms with van der Waals surface area (Å²) in [6.45, 7) is 1.91. The number of benzene rings is 5. The van der Waals surface area contributed by atoms with Gasteiger partial charge in [0.2, 0.25) is 0 Å². The maximum atomic E-state index is 14.1. The van der Waals surface area contributed by atoms with Gasteiger partial charge in [-0.15, -0.1) is 0 Å². The zero-order chi connectivity index (χ0) is 36.5. The van der Waals surface area contributed by atoms with Gasteiger partial charge in [0.1, 0.15) is 74.9 Å². The second kappa shape index (κ2) is 13.3. The molecule has 0 aliphatic heterocycles. The molecule has 0 unspecified atom stereocenters. The van der Waals surface area contributed by atoms with Crippen LogP contribution >= 0.6 is 0 Å². The SMILES string of the molecule is Cc1ccc(-c2nc3c(=C(C#N)C#N)c4nc(-c5ccc(F)cc5)c(-c5ccc(F)cc5)nc4c(=C(C#N)C#N)c3nc2-c2ccc(F)cc2)cc1. The molecule has 0 radical (unpaired) electrons. The molecule has 244 valence electrons. The summed E-state index contributed by atoms with van der Waals surface area (Å²) in [5, 5.41) is 41.0. The highest BCUT2D eigenvalue weighted by molar-refractivity contribution is 6.03. The number of fused-ring (bicyclic) bond motifs is 2. The number of aryl methyl sites for hydroxylation is 1. The Bertz CT molecular complexity index is 2500. The average molecular weight is 681 g/mol. The first-order chi connectivity index (χ1) is 25.2. The monoisotopic (exact) mass is 680 g/mol. The molecule has 2 aromatic heterocycles. The van der Waals surface area contributed by atoms with Crippen LogP contribution in [0.15, 0.2) is 97.1 Å². The van der Waals surface area contributed by atoms with Crippen LogP contribution in [-0.2, 0) is 0 Å². The Morgan fingerprint density at radius 2 is 0.635 bits per heavy atom. The normalized spacial score (nSPS) is 10.6. The number of halogens is 3. The Labute approximate surface area is 293 Å². The van der Waals surface area contributed by atoms with E-state index in [0.29, 0.717) is 27.9 Å². The van der Waals surface area contributed by atoms with Crippen LogP contribution < -0.4 is 10.4 Å². The fourth-order valence-electron chi connectivity index (χ4n) is 5.88. The van der Waals surface area contributed by atoms with Gasteiger partial charge in [-0.1, -0.05) is 29.8 Å². The summed E-state index contributed by atoms with van der Waals surface area (Å²) in [5.74, 6) is -1.53. The van der Waals surface area contributed by atoms with Crippen LogP contribution in [0.1, 0.15) is 5.56 Å². The molecule has 7 rings (SSSR count). The van der Waals surface area contributed by atoms with Crippen molar-refractivity contribution in [3.8, 4) is 69.3 Å². The van der Waals surface area contributed by atoms with Crippen LogP contribution in [0.5, 0.6) is 0 Å². The molecule has 8 nitrogen and oxygen atoms in total. The number of hydrogen-bond acceptors (Lipinski definition) is 8. The van der Waals surface area contributed by atoms with E-state index in [0.717, 1.165) is 5.56 Å². The van der Waals surface area contributed by atoms with Gasteiger partial charge in [0.05, 0.1) is 33.2 Å². The van der Waals surface area contributed by atoms with Gasteiger partial charge in [-0.2, -0.15) is 21.0 Å². The lowest BCUT2D eigenvalue weighted by Gasteiger charge is -2.15. The molecule has 0 aliphatic rings. The van der Waals surface area contributed by atoms with Crippen molar-refractivity contribution in [3.63, 3.8) is 0 Å². The fraction of sp³-hybridized carbons (Fsp3) is 0.0244. The van der Waals surface area contributed by atoms with E-state index in [1.165, 1.54) is 72.8 Å². The largest absolute Gasteiger partial charge is 0.243 e. The maximum absolute atomic E-state index is 14.1. The molecule has 0 atom stereocenters. The molecule has 0 amide bonds. The quantitative estimate of drug-likeness (QED) is 0.175. The molecule has 11 heteroatoms. The molecule has 0 spiro atoms. The topological polar surface area (TPSA) is 147 Å². The van der Waals surface area contributed by atoms with Gasteiger partial charge in [-0.25, -0.2) is 33.1 Å². The standard InChI is InChI=1S/C41H19F3N8/c1-22-2-4-23(5-3-22)34-35(24-6-12-29(42)13-7-24)50-39-33(28(20-47)21-48)41-40(32(38(39)49-34)27(18-45)19-46)51-36(25-8-14-30(43)15-9-25)37(52-41)26-10-16-31(44)17-11-26/h2-17H,1H3. The van der Waals surface area contributed by atoms with Crippen molar-refractivity contribution in [1.82, 2.24) is 19.9 Å². The Kier molecular flexibility index (Phi) is 8.38. The van der Waals surface area contributed by atoms with Crippen LogP contribution in [0.25, 0.3) is 78.2 Å². The van der Waals surface area contributed by atoms with E-state index in [4.69, 9.17) is 19.9 Å². The molecule has 0 saturated heterocycles. The van der Waals surface area contributed by atoms with E-state index in [-0.39, 0.29) is 49.6 Å². The minimum absolute atomic E-state index is 0.0288. The third-order valence-corrected chi connectivity index (χ3v) is 8.36. The molecular formula is C41H19F3N8. The van der Waals surface area contributed by atoms with Gasteiger partial charge < -0.3 is 0 Å². The highest BCUT2D eigenvalue weighted by Gasteiger charge is 2.24. The van der Waals surface area contributed by atoms with Gasteiger partial charge in [0, 0.05) is 22.3 Å². The van der Waals surface area contributed by atoms with Crippen LogP contribution in [0, 0.1) is 69.7 Å². The zero-order valence-corrected chi connectivity index (χ0v) is 26.9. The van der Waals surface area contributed by atoms with Crippen LogP contribution in [0.4, 0.5) is 13.2 Å². The summed E-state index contributed by atoms with van der Waals surface area (Å²) >= 11 is 0. The molecule has 0 fully saturated rings. The summed E-state index contributed by atoms with van der Waals surface area (Å²) in [5.41, 5.74) is 2.62. The maximum Gasteiger partial charge on any atom is 0.141 e. The molecule has 2 heterocycles. The highest BCUT2D eigenvalue weighted by atomic mass is 19.1. The number of nitriles is 4. The van der Waals surface area contributed by atoms with E-state index in [9.17, 15) is 34.2 Å². The van der Waals surface area contributed by atoms with Crippen LogP contribution in [0.3, 0.4) is 0 Å². The lowest BCUT2D eigenvalue weighted by atomic mass is 9.99. The minimum Gasteiger partial charge on any atom is -0.243 e. The predicted octanol–water partition coefficient (Wildman–Crippen LogP) is 7.36. The first-order valence-corrected chi connectivity index (χ1v) is 15.5. The van der Waals surface area contributed by atoms with E-state index < -0.39 is 28.6 Å². The Morgan fingerprint density at radius 1 is 0.404 bits per heavy atom. The van der Waals surface area contributed by atoms with Crippen LogP contribution in [-0.4, -0.2) is 19.9 Å². The van der Waals surface area contributed by atoms with Crippen molar-refractivity contribution in [2.45, 2.75) is 6.92 Å². The number of rotatable bonds is 4. The molecule has 0 aliphatic carbocycles. The summed E-state index contributed by atoms with van der Waals surface area (Å²) in [4.78, 5) is 19.8. The van der Waals surface area contributed by atoms with Gasteiger partial charge in [-0.3, -0.25) is 0 Å². The first-order valence-electron chi connectivity index (χ1n) is 15.5. The molecule has 7 aromatic rings. The highest BCUT2D eigenvalue weighted by Crippen LogP contribution is 2.33. The van der Waals surface area contributed by atoms with E-state index in [1.54, 1.807) is 0 Å². The molecule has 0 N–H and O–H groups in total. The van der Waals surface area contributed by atoms with E-state index in [1.807, 2.05) is 55.5 Å². The Morgan fingerprint density at radius 3 is 0.865 bits per heavy atom. The molecule has 5 aromatic carbocycles. The fourth-order valence-corrected chi connectivity index (χ4v) is 5.88. The number of nitrogens with zero attached hydrogens (tertiary/aromatic N) is 8. The van der Waals surface area contributed by atoms with E-state index in [2.05, 4.69) is 0 Å². The minimum atomic E-state index is -0.519. The second-order valence-electron chi connectivity index (χ2n) is 11.6. The van der Waals surface area contributed by atoms with Crippen molar-refractivity contribution >= 4 is 33.2 Å². The summed E-state index contributed by atoms with van der Waals surface area (Å²) in [6.07, 6.45) is 0. The lowest BCUT2D eigenvalue weighted by Crippen LogP contribution is -2.24. The molecule has 52 heavy (non-hydrogen) atoms. The second-order valence-corrected chi connectivity index (χ2v) is 11.6. The smallest absolute Gasteiger partial charge is 0.141 e. The molecular weight excluding hydrogens is 662 g/mol. The predicted molar refractivity (Wildman–Crippen MR) is 188 cm³/mol. The van der Waals surface area contributed by atoms with Gasteiger partial charge >= 0.3 is 0 Å². The van der Waals surface area contributed by atoms with Crippen molar-refractivity contribution < 1.29 is 13.2 Å². The van der Waals surface area contributed by atoms with Crippen molar-refractivity contribution in [2.75, 3.05) is 0 Å². The molecule has 0 saturated carbocycles. The van der Waals surface area contributed by atoms with Crippen molar-refractivity contribution in [1.29, 1.82) is 21.0 Å². The lowest BCUT2D eigenvalue weighted by molar-refractivity contribution is 0.627. The third-order valence-electron chi connectivity index (χ3n) is 8.36. The third kappa shape index (κ3) is 5.71. The van der Waals surface area contributed by atoms with E-state index >= 15 is 0 Å². The van der Waals surface area contributed by atoms with Gasteiger partial charge in [0.25, 0.3) is 0 Å². The van der Waals surface area contributed by atoms with Gasteiger partial charge in [-0.05, 0) is 79.7 Å². The Balaban J connectivity index is 1.79.